The van der Waals surface area contributed by atoms with Crippen molar-refractivity contribution in [3.63, 3.8) is 0 Å². The molecule has 1 unspecified atom stereocenters. The van der Waals surface area contributed by atoms with Crippen LogP contribution in [0, 0.1) is 12.8 Å². The number of ether oxygens (including phenoxy) is 2. The molecule has 3 heterocycles. The molecule has 0 saturated carbocycles. The molecule has 1 aliphatic rings. The van der Waals surface area contributed by atoms with E-state index in [4.69, 9.17) is 13.9 Å². The number of thiazole rings is 1. The second-order valence-electron chi connectivity index (χ2n) is 9.80. The molecule has 2 aromatic carbocycles. The summed E-state index contributed by atoms with van der Waals surface area (Å²) in [5.74, 6) is 0.832. The number of hydrogen-bond acceptors (Lipinski definition) is 8. The number of benzene rings is 2. The Morgan fingerprint density at radius 1 is 1.18 bits per heavy atom. The van der Waals surface area contributed by atoms with E-state index in [2.05, 4.69) is 34.8 Å². The highest BCUT2D eigenvalue weighted by Gasteiger charge is 2.45. The molecule has 0 N–H and O–H groups in total. The predicted octanol–water partition coefficient (Wildman–Crippen LogP) is 6.71. The first-order chi connectivity index (χ1) is 18.6. The van der Waals surface area contributed by atoms with Gasteiger partial charge >= 0.3 is 0 Å². The summed E-state index contributed by atoms with van der Waals surface area (Å²) in [6, 6.07) is 9.59. The number of carbonyl (C=O) groups is 2. The highest BCUT2D eigenvalue weighted by Crippen LogP contribution is 2.45. The predicted molar refractivity (Wildman–Crippen MR) is 154 cm³/mol. The van der Waals surface area contributed by atoms with Crippen LogP contribution in [0.4, 0.5) is 5.13 Å². The number of aryl methyl sites for hydroxylation is 1. The van der Waals surface area contributed by atoms with Gasteiger partial charge in [0.1, 0.15) is 5.58 Å². The Morgan fingerprint density at radius 2 is 1.95 bits per heavy atom. The van der Waals surface area contributed by atoms with E-state index in [1.165, 1.54) is 11.8 Å². The van der Waals surface area contributed by atoms with Crippen LogP contribution in [0.25, 0.3) is 11.0 Å². The Hall–Kier alpha value is -3.50. The zero-order chi connectivity index (χ0) is 28.0. The number of aromatic nitrogens is 1. The van der Waals surface area contributed by atoms with Crippen LogP contribution in [0.1, 0.15) is 70.3 Å². The van der Waals surface area contributed by atoms with Crippen molar-refractivity contribution in [3.8, 4) is 11.5 Å². The molecular formula is C29H27BrN2O6S. The molecule has 202 valence electrons. The molecule has 1 atom stereocenters. The van der Waals surface area contributed by atoms with Gasteiger partial charge in [-0.25, -0.2) is 4.98 Å². The second kappa shape index (κ2) is 10.6. The van der Waals surface area contributed by atoms with Gasteiger partial charge in [-0.1, -0.05) is 47.2 Å². The molecule has 0 saturated heterocycles. The number of ketones is 1. The Morgan fingerprint density at radius 3 is 2.62 bits per heavy atom. The maximum atomic E-state index is 13.9. The summed E-state index contributed by atoms with van der Waals surface area (Å²) in [6.07, 6.45) is 0.884. The minimum absolute atomic E-state index is 0.0479. The van der Waals surface area contributed by atoms with Crippen LogP contribution in [0.15, 0.2) is 50.1 Å². The zero-order valence-electron chi connectivity index (χ0n) is 22.2. The number of hydrogen-bond donors (Lipinski definition) is 0. The van der Waals surface area contributed by atoms with Gasteiger partial charge in [-0.05, 0) is 55.2 Å². The van der Waals surface area contributed by atoms with Crippen LogP contribution in [0.2, 0.25) is 0 Å². The lowest BCUT2D eigenvalue weighted by Gasteiger charge is -2.23. The lowest BCUT2D eigenvalue weighted by atomic mass is 9.98. The van der Waals surface area contributed by atoms with E-state index in [9.17, 15) is 14.4 Å². The highest BCUT2D eigenvalue weighted by atomic mass is 79.9. The number of methoxy groups -OCH3 is 1. The maximum Gasteiger partial charge on any atom is 0.297 e. The van der Waals surface area contributed by atoms with E-state index in [0.717, 1.165) is 17.8 Å². The normalized spacial score (nSPS) is 14.8. The van der Waals surface area contributed by atoms with E-state index in [1.807, 2.05) is 6.07 Å². The van der Waals surface area contributed by atoms with Gasteiger partial charge in [0.2, 0.25) is 5.76 Å². The average molecular weight is 612 g/mol. The number of fused-ring (bicyclic) bond motifs is 2. The third kappa shape index (κ3) is 4.87. The van der Waals surface area contributed by atoms with Crippen molar-refractivity contribution in [2.75, 3.05) is 18.6 Å². The van der Waals surface area contributed by atoms with Crippen molar-refractivity contribution in [1.82, 2.24) is 4.98 Å². The lowest BCUT2D eigenvalue weighted by molar-refractivity contribution is 0.0969. The summed E-state index contributed by atoms with van der Waals surface area (Å²) in [4.78, 5) is 46.4. The number of carbonyl (C=O) groups excluding carboxylic acids is 2. The standard InChI is InChI=1S/C29H27BrN2O6S/c1-14(2)10-11-37-21-8-6-17(12-22(21)36-5)24-23-25(34)19-13-18(30)7-9-20(19)38-26(23)28(35)32(24)29-31-15(3)27(39-29)16(4)33/h6-9,12-14,24H,10-11H2,1-5H3. The van der Waals surface area contributed by atoms with Crippen molar-refractivity contribution in [2.24, 2.45) is 5.92 Å². The van der Waals surface area contributed by atoms with Gasteiger partial charge in [-0.15, -0.1) is 0 Å². The fourth-order valence-corrected chi connectivity index (χ4v) is 6.00. The van der Waals surface area contributed by atoms with Gasteiger partial charge in [0, 0.05) is 11.4 Å². The van der Waals surface area contributed by atoms with Gasteiger partial charge in [-0.2, -0.15) is 0 Å². The van der Waals surface area contributed by atoms with Crippen LogP contribution in [-0.4, -0.2) is 30.4 Å². The molecule has 0 bridgehead atoms. The van der Waals surface area contributed by atoms with E-state index < -0.39 is 11.9 Å². The molecule has 39 heavy (non-hydrogen) atoms. The molecule has 4 aromatic rings. The largest absolute Gasteiger partial charge is 0.493 e. The summed E-state index contributed by atoms with van der Waals surface area (Å²) >= 11 is 4.53. The van der Waals surface area contributed by atoms with E-state index in [1.54, 1.807) is 44.4 Å². The Balaban J connectivity index is 1.70. The number of anilines is 1. The Labute approximate surface area is 237 Å². The molecule has 8 nitrogen and oxygen atoms in total. The zero-order valence-corrected chi connectivity index (χ0v) is 24.6. The van der Waals surface area contributed by atoms with Crippen molar-refractivity contribution in [1.29, 1.82) is 0 Å². The lowest BCUT2D eigenvalue weighted by Crippen LogP contribution is -2.29. The van der Waals surface area contributed by atoms with Gasteiger partial charge in [0.25, 0.3) is 5.91 Å². The number of amides is 1. The van der Waals surface area contributed by atoms with Crippen LogP contribution < -0.4 is 19.8 Å². The SMILES string of the molecule is COc1cc(C2c3c(oc4ccc(Br)cc4c3=O)C(=O)N2c2nc(C)c(C(C)=O)s2)ccc1OCCC(C)C. The van der Waals surface area contributed by atoms with Crippen LogP contribution in [0.5, 0.6) is 11.5 Å². The van der Waals surface area contributed by atoms with Crippen molar-refractivity contribution in [2.45, 2.75) is 40.2 Å². The van der Waals surface area contributed by atoms with E-state index >= 15 is 0 Å². The van der Waals surface area contributed by atoms with E-state index in [-0.39, 0.29) is 22.5 Å². The summed E-state index contributed by atoms with van der Waals surface area (Å²) in [6.45, 7) is 7.96. The first-order valence-electron chi connectivity index (χ1n) is 12.5. The molecule has 5 rings (SSSR count). The first kappa shape index (κ1) is 27.1. The topological polar surface area (TPSA) is 98.9 Å². The molecule has 1 aliphatic heterocycles. The molecule has 0 aliphatic carbocycles. The number of halogens is 1. The fraction of sp³-hybridized carbons (Fsp3) is 0.310. The van der Waals surface area contributed by atoms with Gasteiger partial charge in [0.15, 0.2) is 27.8 Å². The van der Waals surface area contributed by atoms with Crippen LogP contribution in [-0.2, 0) is 0 Å². The molecule has 1 amide bonds. The number of Topliss-reactive ketones (excluding diaryl/α,β-unsaturated/α-hetero) is 1. The minimum atomic E-state index is -0.851. The van der Waals surface area contributed by atoms with E-state index in [0.29, 0.717) is 60.7 Å². The summed E-state index contributed by atoms with van der Waals surface area (Å²) in [7, 11) is 1.54. The smallest absolute Gasteiger partial charge is 0.297 e. The first-order valence-corrected chi connectivity index (χ1v) is 14.1. The summed E-state index contributed by atoms with van der Waals surface area (Å²) in [5, 5.41) is 0.656. The van der Waals surface area contributed by atoms with Gasteiger partial charge in [-0.3, -0.25) is 19.3 Å². The van der Waals surface area contributed by atoms with Gasteiger partial charge in [0.05, 0.1) is 41.3 Å². The molecule has 2 aromatic heterocycles. The highest BCUT2D eigenvalue weighted by molar-refractivity contribution is 9.10. The third-order valence-corrected chi connectivity index (χ3v) is 8.35. The summed E-state index contributed by atoms with van der Waals surface area (Å²) < 4.78 is 18.3. The number of rotatable bonds is 8. The Kier molecular flexibility index (Phi) is 7.35. The Bertz CT molecular complexity index is 1670. The van der Waals surface area contributed by atoms with Crippen molar-refractivity contribution >= 4 is 55.1 Å². The molecule has 0 spiro atoms. The molecule has 0 fully saturated rings. The van der Waals surface area contributed by atoms with Gasteiger partial charge < -0.3 is 13.9 Å². The van der Waals surface area contributed by atoms with Crippen molar-refractivity contribution < 1.29 is 23.5 Å². The van der Waals surface area contributed by atoms with Crippen LogP contribution in [0.3, 0.4) is 0 Å². The van der Waals surface area contributed by atoms with Crippen molar-refractivity contribution in [3.05, 3.63) is 78.6 Å². The molecule has 0 radical (unpaired) electrons. The van der Waals surface area contributed by atoms with Crippen LogP contribution >= 0.6 is 27.3 Å². The minimum Gasteiger partial charge on any atom is -0.493 e. The molecular weight excluding hydrogens is 584 g/mol. The monoisotopic (exact) mass is 610 g/mol. The summed E-state index contributed by atoms with van der Waals surface area (Å²) in [5.41, 5.74) is 1.34. The molecule has 10 heteroatoms. The third-order valence-electron chi connectivity index (χ3n) is 6.60. The second-order valence-corrected chi connectivity index (χ2v) is 11.7. The quantitative estimate of drug-likeness (QED) is 0.204. The maximum absolute atomic E-state index is 13.9. The average Bonchev–Trinajstić information content (AvgIpc) is 3.42. The fourth-order valence-electron chi connectivity index (χ4n) is 4.65. The number of nitrogens with zero attached hydrogens (tertiary/aromatic N) is 2.